The van der Waals surface area contributed by atoms with E-state index in [1.165, 1.54) is 7.11 Å². The summed E-state index contributed by atoms with van der Waals surface area (Å²) < 4.78 is 18.3. The molecular formula is C11H15ClFNO. The first-order chi connectivity index (χ1) is 7.10. The van der Waals surface area contributed by atoms with Crippen molar-refractivity contribution in [3.63, 3.8) is 0 Å². The van der Waals surface area contributed by atoms with Gasteiger partial charge in [0.1, 0.15) is 0 Å². The Balaban J connectivity index is 3.05. The molecule has 15 heavy (non-hydrogen) atoms. The summed E-state index contributed by atoms with van der Waals surface area (Å²) >= 11 is 5.76. The molecule has 0 radical (unpaired) electrons. The molecule has 0 spiro atoms. The van der Waals surface area contributed by atoms with E-state index < -0.39 is 5.82 Å². The van der Waals surface area contributed by atoms with Gasteiger partial charge in [-0.15, -0.1) is 0 Å². The Morgan fingerprint density at radius 2 is 2.20 bits per heavy atom. The van der Waals surface area contributed by atoms with Crippen LogP contribution in [0.2, 0.25) is 5.02 Å². The molecule has 0 heterocycles. The lowest BCUT2D eigenvalue weighted by atomic mass is 9.97. The number of hydrogen-bond acceptors (Lipinski definition) is 2. The van der Waals surface area contributed by atoms with Crippen LogP contribution in [0.5, 0.6) is 5.75 Å². The Hall–Kier alpha value is -0.800. The van der Waals surface area contributed by atoms with Gasteiger partial charge in [-0.05, 0) is 36.6 Å². The first-order valence-electron chi connectivity index (χ1n) is 4.83. The minimum atomic E-state index is -0.511. The Morgan fingerprint density at radius 1 is 1.53 bits per heavy atom. The molecule has 1 atom stereocenters. The van der Waals surface area contributed by atoms with E-state index in [1.54, 1.807) is 12.1 Å². The van der Waals surface area contributed by atoms with E-state index in [4.69, 9.17) is 22.1 Å². The third-order valence-corrected chi connectivity index (χ3v) is 2.68. The van der Waals surface area contributed by atoms with Crippen molar-refractivity contribution < 1.29 is 9.13 Å². The highest BCUT2D eigenvalue weighted by Crippen LogP contribution is 2.30. The molecule has 0 amide bonds. The summed E-state index contributed by atoms with van der Waals surface area (Å²) in [6.45, 7) is 2.62. The normalized spacial score (nSPS) is 12.6. The lowest BCUT2D eigenvalue weighted by Crippen LogP contribution is -2.05. The van der Waals surface area contributed by atoms with Gasteiger partial charge in [0.15, 0.2) is 11.6 Å². The number of nitrogens with two attached hydrogens (primary N) is 1. The third-order valence-electron chi connectivity index (χ3n) is 2.41. The minimum Gasteiger partial charge on any atom is -0.494 e. The van der Waals surface area contributed by atoms with Gasteiger partial charge in [-0.3, -0.25) is 0 Å². The lowest BCUT2D eigenvalue weighted by molar-refractivity contribution is 0.385. The summed E-state index contributed by atoms with van der Waals surface area (Å²) in [5.74, 6) is -0.0776. The Bertz CT molecular complexity index is 344. The number of methoxy groups -OCH3 is 1. The van der Waals surface area contributed by atoms with Crippen molar-refractivity contribution in [3.05, 3.63) is 28.5 Å². The predicted molar refractivity (Wildman–Crippen MR) is 60.0 cm³/mol. The van der Waals surface area contributed by atoms with Crippen molar-refractivity contribution in [2.75, 3.05) is 13.7 Å². The molecule has 0 aliphatic carbocycles. The highest BCUT2D eigenvalue weighted by atomic mass is 35.5. The van der Waals surface area contributed by atoms with Gasteiger partial charge in [0.25, 0.3) is 0 Å². The monoisotopic (exact) mass is 231 g/mol. The number of benzene rings is 1. The zero-order valence-electron chi connectivity index (χ0n) is 8.89. The molecule has 0 aromatic heterocycles. The fourth-order valence-corrected chi connectivity index (χ4v) is 1.65. The molecule has 84 valence electrons. The first-order valence-corrected chi connectivity index (χ1v) is 5.21. The SMILES string of the molecule is COc1cc(C(C)CCN)cc(Cl)c1F. The smallest absolute Gasteiger partial charge is 0.183 e. The summed E-state index contributed by atoms with van der Waals surface area (Å²) in [5.41, 5.74) is 6.41. The van der Waals surface area contributed by atoms with Crippen molar-refractivity contribution >= 4 is 11.6 Å². The molecule has 2 N–H and O–H groups in total. The molecule has 4 heteroatoms. The molecule has 0 aliphatic heterocycles. The highest BCUT2D eigenvalue weighted by Gasteiger charge is 2.13. The van der Waals surface area contributed by atoms with E-state index in [-0.39, 0.29) is 16.7 Å². The van der Waals surface area contributed by atoms with Crippen LogP contribution in [0.25, 0.3) is 0 Å². The topological polar surface area (TPSA) is 35.2 Å². The molecule has 1 rings (SSSR count). The van der Waals surface area contributed by atoms with Gasteiger partial charge in [0.2, 0.25) is 0 Å². The van der Waals surface area contributed by atoms with E-state index in [0.717, 1.165) is 12.0 Å². The zero-order valence-corrected chi connectivity index (χ0v) is 9.64. The van der Waals surface area contributed by atoms with Crippen LogP contribution >= 0.6 is 11.6 Å². The van der Waals surface area contributed by atoms with Crippen LogP contribution in [0.1, 0.15) is 24.8 Å². The number of halogens is 2. The van der Waals surface area contributed by atoms with Gasteiger partial charge in [-0.2, -0.15) is 0 Å². The van der Waals surface area contributed by atoms with Gasteiger partial charge in [-0.1, -0.05) is 18.5 Å². The molecule has 0 aliphatic rings. The predicted octanol–water partition coefficient (Wildman–Crippen LogP) is 2.94. The second kappa shape index (κ2) is 5.33. The molecule has 0 saturated carbocycles. The minimum absolute atomic E-state index is 0.0909. The van der Waals surface area contributed by atoms with Crippen LogP contribution < -0.4 is 10.5 Å². The van der Waals surface area contributed by atoms with Crippen molar-refractivity contribution in [2.45, 2.75) is 19.3 Å². The summed E-state index contributed by atoms with van der Waals surface area (Å²) in [7, 11) is 1.42. The van der Waals surface area contributed by atoms with Gasteiger partial charge >= 0.3 is 0 Å². The first kappa shape index (κ1) is 12.3. The molecular weight excluding hydrogens is 217 g/mol. The Morgan fingerprint density at radius 3 is 2.73 bits per heavy atom. The van der Waals surface area contributed by atoms with E-state index in [9.17, 15) is 4.39 Å². The fourth-order valence-electron chi connectivity index (χ4n) is 1.43. The lowest BCUT2D eigenvalue weighted by Gasteiger charge is -2.13. The zero-order chi connectivity index (χ0) is 11.4. The van der Waals surface area contributed by atoms with Gasteiger partial charge in [0.05, 0.1) is 12.1 Å². The van der Waals surface area contributed by atoms with Crippen molar-refractivity contribution in [1.29, 1.82) is 0 Å². The quantitative estimate of drug-likeness (QED) is 0.865. The van der Waals surface area contributed by atoms with Gasteiger partial charge < -0.3 is 10.5 Å². The van der Waals surface area contributed by atoms with Gasteiger partial charge in [0, 0.05) is 0 Å². The molecule has 0 saturated heterocycles. The van der Waals surface area contributed by atoms with Crippen LogP contribution in [0.15, 0.2) is 12.1 Å². The summed E-state index contributed by atoms with van der Waals surface area (Å²) in [5, 5.41) is 0.0909. The van der Waals surface area contributed by atoms with Crippen LogP contribution in [-0.4, -0.2) is 13.7 Å². The van der Waals surface area contributed by atoms with E-state index in [2.05, 4.69) is 0 Å². The third kappa shape index (κ3) is 2.83. The van der Waals surface area contributed by atoms with Crippen LogP contribution in [0.4, 0.5) is 4.39 Å². The summed E-state index contributed by atoms with van der Waals surface area (Å²) in [6.07, 6.45) is 0.838. The highest BCUT2D eigenvalue weighted by molar-refractivity contribution is 6.31. The average Bonchev–Trinajstić information content (AvgIpc) is 2.22. The second-order valence-corrected chi connectivity index (χ2v) is 3.90. The molecule has 0 bridgehead atoms. The Labute approximate surface area is 94.2 Å². The summed E-state index contributed by atoms with van der Waals surface area (Å²) in [6, 6.07) is 3.29. The maximum absolute atomic E-state index is 13.3. The second-order valence-electron chi connectivity index (χ2n) is 3.50. The van der Waals surface area contributed by atoms with E-state index >= 15 is 0 Å². The molecule has 1 aromatic carbocycles. The van der Waals surface area contributed by atoms with Crippen LogP contribution in [0, 0.1) is 5.82 Å². The molecule has 2 nitrogen and oxygen atoms in total. The Kier molecular flexibility index (Phi) is 4.36. The molecule has 1 unspecified atom stereocenters. The number of ether oxygens (including phenoxy) is 1. The van der Waals surface area contributed by atoms with Crippen molar-refractivity contribution in [1.82, 2.24) is 0 Å². The molecule has 0 fully saturated rings. The van der Waals surface area contributed by atoms with E-state index in [1.807, 2.05) is 6.92 Å². The van der Waals surface area contributed by atoms with Crippen molar-refractivity contribution in [2.24, 2.45) is 5.73 Å². The van der Waals surface area contributed by atoms with Crippen molar-refractivity contribution in [3.8, 4) is 5.75 Å². The average molecular weight is 232 g/mol. The maximum atomic E-state index is 13.3. The fraction of sp³-hybridized carbons (Fsp3) is 0.455. The number of rotatable bonds is 4. The maximum Gasteiger partial charge on any atom is 0.183 e. The standard InChI is InChI=1S/C11H15ClFNO/c1-7(3-4-14)8-5-9(12)11(13)10(6-8)15-2/h5-7H,3-4,14H2,1-2H3. The van der Waals surface area contributed by atoms with Crippen LogP contribution in [-0.2, 0) is 0 Å². The summed E-state index contributed by atoms with van der Waals surface area (Å²) in [4.78, 5) is 0. The van der Waals surface area contributed by atoms with Gasteiger partial charge in [-0.25, -0.2) is 4.39 Å². The van der Waals surface area contributed by atoms with E-state index in [0.29, 0.717) is 6.54 Å². The molecule has 1 aromatic rings. The largest absolute Gasteiger partial charge is 0.494 e. The van der Waals surface area contributed by atoms with Crippen LogP contribution in [0.3, 0.4) is 0 Å². The number of hydrogen-bond donors (Lipinski definition) is 1.